The average molecular weight is 464 g/mol. The van der Waals surface area contributed by atoms with Gasteiger partial charge in [-0.05, 0) is 42.2 Å². The lowest BCUT2D eigenvalue weighted by Gasteiger charge is -2.29. The van der Waals surface area contributed by atoms with Gasteiger partial charge in [-0.15, -0.1) is 0 Å². The molecule has 178 valence electrons. The number of nitrogens with zero attached hydrogens (tertiary/aromatic N) is 4. The van der Waals surface area contributed by atoms with E-state index >= 15 is 0 Å². The molecule has 8 heteroatoms. The summed E-state index contributed by atoms with van der Waals surface area (Å²) in [5.41, 5.74) is 5.90. The van der Waals surface area contributed by atoms with Crippen LogP contribution >= 0.6 is 0 Å². The lowest BCUT2D eigenvalue weighted by atomic mass is 10.00. The second kappa shape index (κ2) is 9.10. The van der Waals surface area contributed by atoms with Gasteiger partial charge in [-0.25, -0.2) is 14.2 Å². The maximum Gasteiger partial charge on any atom is 0.322 e. The maximum atomic E-state index is 14.9. The number of urea groups is 1. The van der Waals surface area contributed by atoms with Crippen LogP contribution in [-0.4, -0.2) is 59.7 Å². The lowest BCUT2D eigenvalue weighted by molar-refractivity contribution is 0.123. The number of imidazole rings is 1. The van der Waals surface area contributed by atoms with E-state index in [1.807, 2.05) is 23.7 Å². The van der Waals surface area contributed by atoms with Gasteiger partial charge in [0.2, 0.25) is 0 Å². The van der Waals surface area contributed by atoms with Crippen molar-refractivity contribution in [2.45, 2.75) is 20.8 Å². The number of rotatable bonds is 4. The molecule has 0 saturated carbocycles. The first-order chi connectivity index (χ1) is 16.4. The number of aryl methyl sites for hydroxylation is 1. The van der Waals surface area contributed by atoms with E-state index in [0.717, 1.165) is 41.1 Å². The van der Waals surface area contributed by atoms with Crippen molar-refractivity contribution in [2.24, 2.45) is 5.92 Å². The van der Waals surface area contributed by atoms with E-state index in [1.165, 1.54) is 11.6 Å². The Balaban J connectivity index is 1.47. The van der Waals surface area contributed by atoms with Crippen LogP contribution in [0.4, 0.5) is 20.6 Å². The molecule has 0 atom stereocenters. The van der Waals surface area contributed by atoms with E-state index in [0.29, 0.717) is 32.2 Å². The first-order valence-corrected chi connectivity index (χ1v) is 11.8. The number of anilines is 2. The number of hydrogen-bond donors (Lipinski definition) is 1. The standard InChI is InChI=1S/C26H30FN5O2/c1-17(2)19-4-6-32(15-19)26(33)29-23-14-21(18(3)12-22(23)27)20-13-24(30-8-10-34-11-9-30)25-28-5-7-31(25)16-20/h4-5,7,12-14,16-17H,6,8-11,15H2,1-3H3,(H,29,33). The Kier molecular flexibility index (Phi) is 6.00. The summed E-state index contributed by atoms with van der Waals surface area (Å²) in [5, 5.41) is 2.79. The van der Waals surface area contributed by atoms with Crippen LogP contribution in [-0.2, 0) is 4.74 Å². The van der Waals surface area contributed by atoms with Crippen LogP contribution in [0, 0.1) is 18.7 Å². The Labute approximate surface area is 198 Å². The monoisotopic (exact) mass is 463 g/mol. The van der Waals surface area contributed by atoms with Gasteiger partial charge < -0.3 is 24.3 Å². The summed E-state index contributed by atoms with van der Waals surface area (Å²) >= 11 is 0. The summed E-state index contributed by atoms with van der Waals surface area (Å²) in [6, 6.07) is 5.02. The number of nitrogens with one attached hydrogen (secondary N) is 1. The molecule has 1 N–H and O–H groups in total. The number of carbonyl (C=O) groups excluding carboxylic acids is 1. The molecule has 0 spiro atoms. The van der Waals surface area contributed by atoms with Crippen LogP contribution in [0.25, 0.3) is 16.8 Å². The zero-order chi connectivity index (χ0) is 23.8. The first kappa shape index (κ1) is 22.4. The van der Waals surface area contributed by atoms with Crippen LogP contribution in [0.15, 0.2) is 48.4 Å². The lowest BCUT2D eigenvalue weighted by Crippen LogP contribution is -2.36. The molecule has 0 bridgehead atoms. The van der Waals surface area contributed by atoms with E-state index < -0.39 is 5.82 Å². The van der Waals surface area contributed by atoms with Crippen molar-refractivity contribution in [3.63, 3.8) is 0 Å². The highest BCUT2D eigenvalue weighted by Crippen LogP contribution is 2.33. The molecule has 0 aliphatic carbocycles. The Morgan fingerprint density at radius 1 is 1.21 bits per heavy atom. The van der Waals surface area contributed by atoms with E-state index in [1.54, 1.807) is 17.2 Å². The van der Waals surface area contributed by atoms with E-state index in [9.17, 15) is 9.18 Å². The summed E-state index contributed by atoms with van der Waals surface area (Å²) < 4.78 is 22.4. The third-order valence-electron chi connectivity index (χ3n) is 6.66. The molecule has 2 aliphatic heterocycles. The Bertz CT molecular complexity index is 1260. The van der Waals surface area contributed by atoms with Crippen molar-refractivity contribution in [3.8, 4) is 11.1 Å². The van der Waals surface area contributed by atoms with Gasteiger partial charge >= 0.3 is 6.03 Å². The molecular formula is C26H30FN5O2. The van der Waals surface area contributed by atoms with Gasteiger partial charge in [-0.1, -0.05) is 25.5 Å². The van der Waals surface area contributed by atoms with Crippen LogP contribution in [0.5, 0.6) is 0 Å². The number of morpholine rings is 1. The molecule has 3 aromatic rings. The number of benzene rings is 1. The molecule has 1 saturated heterocycles. The number of amides is 2. The predicted molar refractivity (Wildman–Crippen MR) is 132 cm³/mol. The fraction of sp³-hybridized carbons (Fsp3) is 0.385. The van der Waals surface area contributed by atoms with Crippen molar-refractivity contribution in [2.75, 3.05) is 49.6 Å². The third-order valence-corrected chi connectivity index (χ3v) is 6.66. The number of aromatic nitrogens is 2. The summed E-state index contributed by atoms with van der Waals surface area (Å²) in [4.78, 5) is 21.4. The third kappa shape index (κ3) is 4.25. The molecule has 4 heterocycles. The van der Waals surface area contributed by atoms with Crippen LogP contribution in [0.1, 0.15) is 19.4 Å². The topological polar surface area (TPSA) is 62.1 Å². The molecule has 34 heavy (non-hydrogen) atoms. The molecule has 1 aromatic carbocycles. The highest BCUT2D eigenvalue weighted by molar-refractivity contribution is 5.91. The van der Waals surface area contributed by atoms with Gasteiger partial charge in [0.05, 0.1) is 24.6 Å². The SMILES string of the molecule is Cc1cc(F)c(NC(=O)N2CC=C(C(C)C)C2)cc1-c1cc(N2CCOCC2)c2nccn2c1. The number of pyridine rings is 1. The minimum absolute atomic E-state index is 0.183. The second-order valence-corrected chi connectivity index (χ2v) is 9.26. The molecule has 1 fully saturated rings. The predicted octanol–water partition coefficient (Wildman–Crippen LogP) is 4.72. The molecule has 0 unspecified atom stereocenters. The van der Waals surface area contributed by atoms with E-state index in [4.69, 9.17) is 4.74 Å². The first-order valence-electron chi connectivity index (χ1n) is 11.8. The maximum absolute atomic E-state index is 14.9. The quantitative estimate of drug-likeness (QED) is 0.569. The molecule has 0 radical (unpaired) electrons. The minimum atomic E-state index is -0.442. The highest BCUT2D eigenvalue weighted by atomic mass is 19.1. The summed E-state index contributed by atoms with van der Waals surface area (Å²) in [6.07, 6.45) is 7.77. The van der Waals surface area contributed by atoms with Gasteiger partial charge in [-0.3, -0.25) is 0 Å². The van der Waals surface area contributed by atoms with Gasteiger partial charge in [-0.2, -0.15) is 0 Å². The normalized spacial score (nSPS) is 16.4. The van der Waals surface area contributed by atoms with Gasteiger partial charge in [0.25, 0.3) is 0 Å². The van der Waals surface area contributed by atoms with Gasteiger partial charge in [0.1, 0.15) is 5.82 Å². The summed E-state index contributed by atoms with van der Waals surface area (Å²) in [7, 11) is 0. The molecule has 5 rings (SSSR count). The molecular weight excluding hydrogens is 433 g/mol. The van der Waals surface area contributed by atoms with Crippen LogP contribution in [0.2, 0.25) is 0 Å². The van der Waals surface area contributed by atoms with Gasteiger partial charge in [0.15, 0.2) is 5.65 Å². The number of ether oxygens (including phenoxy) is 1. The van der Waals surface area contributed by atoms with E-state index in [2.05, 4.69) is 41.2 Å². The smallest absolute Gasteiger partial charge is 0.322 e. The van der Waals surface area contributed by atoms with Crippen molar-refractivity contribution in [3.05, 3.63) is 59.8 Å². The molecule has 2 aliphatic rings. The second-order valence-electron chi connectivity index (χ2n) is 9.26. The molecule has 2 aromatic heterocycles. The van der Waals surface area contributed by atoms with Crippen LogP contribution in [0.3, 0.4) is 0 Å². The van der Waals surface area contributed by atoms with Crippen molar-refractivity contribution < 1.29 is 13.9 Å². The number of fused-ring (bicyclic) bond motifs is 1. The van der Waals surface area contributed by atoms with Crippen molar-refractivity contribution in [1.29, 1.82) is 0 Å². The summed E-state index contributed by atoms with van der Waals surface area (Å²) in [6.45, 7) is 10.2. The zero-order valence-electron chi connectivity index (χ0n) is 19.8. The van der Waals surface area contributed by atoms with Crippen molar-refractivity contribution in [1.82, 2.24) is 14.3 Å². The number of carbonyl (C=O) groups is 1. The van der Waals surface area contributed by atoms with Gasteiger partial charge in [0, 0.05) is 50.3 Å². The van der Waals surface area contributed by atoms with Crippen LogP contribution < -0.4 is 10.2 Å². The molecule has 2 amide bonds. The highest BCUT2D eigenvalue weighted by Gasteiger charge is 2.23. The minimum Gasteiger partial charge on any atom is -0.378 e. The summed E-state index contributed by atoms with van der Waals surface area (Å²) in [5.74, 6) is -0.0535. The average Bonchev–Trinajstić information content (AvgIpc) is 3.51. The fourth-order valence-electron chi connectivity index (χ4n) is 4.62. The zero-order valence-corrected chi connectivity index (χ0v) is 19.8. The number of hydrogen-bond acceptors (Lipinski definition) is 4. The Morgan fingerprint density at radius 3 is 2.74 bits per heavy atom. The fourth-order valence-corrected chi connectivity index (χ4v) is 4.62. The number of halogens is 1. The molecule has 7 nitrogen and oxygen atoms in total. The Hall–Kier alpha value is -3.39. The van der Waals surface area contributed by atoms with Crippen molar-refractivity contribution >= 4 is 23.1 Å². The van der Waals surface area contributed by atoms with E-state index in [-0.39, 0.29) is 11.7 Å². The largest absolute Gasteiger partial charge is 0.378 e. The Morgan fingerprint density at radius 2 is 2.00 bits per heavy atom.